The lowest BCUT2D eigenvalue weighted by atomic mass is 9.49. The Morgan fingerprint density at radius 1 is 1.05 bits per heavy atom. The second kappa shape index (κ2) is 5.25. The van der Waals surface area contributed by atoms with E-state index in [0.29, 0.717) is 5.41 Å². The van der Waals surface area contributed by atoms with Crippen molar-refractivity contribution in [3.05, 3.63) is 24.3 Å². The molecule has 0 N–H and O–H groups in total. The molecule has 0 amide bonds. The van der Waals surface area contributed by atoms with Gasteiger partial charge in [-0.15, -0.1) is 0 Å². The third-order valence-electron chi connectivity index (χ3n) is 8.43. The summed E-state index contributed by atoms with van der Waals surface area (Å²) in [5, 5.41) is 0. The summed E-state index contributed by atoms with van der Waals surface area (Å²) in [6, 6.07) is 0. The molecule has 7 atom stereocenters. The van der Waals surface area contributed by atoms with Gasteiger partial charge in [-0.25, -0.2) is 0 Å². The Morgan fingerprint density at radius 3 is 2.68 bits per heavy atom. The van der Waals surface area contributed by atoms with Gasteiger partial charge in [0.2, 0.25) is 0 Å². The van der Waals surface area contributed by atoms with Gasteiger partial charge in [0.05, 0.1) is 0 Å². The Kier molecular flexibility index (Phi) is 3.59. The van der Waals surface area contributed by atoms with E-state index in [1.165, 1.54) is 63.4 Å². The number of hydrogen-bond donors (Lipinski definition) is 0. The molecule has 0 heterocycles. The third-order valence-corrected chi connectivity index (χ3v) is 8.43. The number of hydrogen-bond acceptors (Lipinski definition) is 0. The molecule has 0 aromatic carbocycles. The van der Waals surface area contributed by atoms with E-state index in [0.717, 1.165) is 35.5 Å². The highest BCUT2D eigenvalue weighted by molar-refractivity contribution is 5.16. The summed E-state index contributed by atoms with van der Waals surface area (Å²) in [5.74, 6) is 5.71. The minimum atomic E-state index is 0.606. The van der Waals surface area contributed by atoms with Gasteiger partial charge in [0.1, 0.15) is 0 Å². The Labute approximate surface area is 137 Å². The maximum atomic E-state index is 4.43. The Balaban J connectivity index is 1.63. The minimum absolute atomic E-state index is 0.606. The van der Waals surface area contributed by atoms with E-state index in [1.807, 2.05) is 0 Å². The maximum absolute atomic E-state index is 4.43. The molecule has 7 unspecified atom stereocenters. The normalized spacial score (nSPS) is 51.7. The molecular formula is C22H34. The molecule has 122 valence electrons. The number of allylic oxidation sites excluding steroid dienone is 2. The van der Waals surface area contributed by atoms with Crippen LogP contribution in [0.4, 0.5) is 0 Å². The molecule has 4 aliphatic rings. The van der Waals surface area contributed by atoms with Crippen LogP contribution in [0.25, 0.3) is 0 Å². The van der Waals surface area contributed by atoms with E-state index in [-0.39, 0.29) is 0 Å². The molecule has 0 bridgehead atoms. The van der Waals surface area contributed by atoms with Crippen molar-refractivity contribution < 1.29 is 0 Å². The lowest BCUT2D eigenvalue weighted by molar-refractivity contribution is -0.0480. The van der Waals surface area contributed by atoms with Gasteiger partial charge in [-0.2, -0.15) is 0 Å². The largest absolute Gasteiger partial charge is 0.0999 e. The van der Waals surface area contributed by atoms with Gasteiger partial charge in [0.15, 0.2) is 0 Å². The van der Waals surface area contributed by atoms with Gasteiger partial charge in [-0.3, -0.25) is 0 Å². The lowest BCUT2D eigenvalue weighted by Gasteiger charge is -2.56. The first-order chi connectivity index (χ1) is 10.5. The molecule has 0 aliphatic heterocycles. The lowest BCUT2D eigenvalue weighted by Crippen LogP contribution is -2.47. The van der Waals surface area contributed by atoms with Gasteiger partial charge in [0, 0.05) is 0 Å². The standard InChI is InChI=1S/C22H34/c1-14-10-11-22(4)17(12-14)8-9-18-16(3)20-13-19(20)15(2)6-5-7-21(18)22/h16-21H,1-2,5-13H2,3-4H3. The smallest absolute Gasteiger partial charge is 0.0172 e. The highest BCUT2D eigenvalue weighted by atomic mass is 14.6. The molecule has 0 spiro atoms. The fourth-order valence-electron chi connectivity index (χ4n) is 6.83. The van der Waals surface area contributed by atoms with Gasteiger partial charge in [-0.1, -0.05) is 38.2 Å². The topological polar surface area (TPSA) is 0 Å². The van der Waals surface area contributed by atoms with Crippen LogP contribution in [-0.2, 0) is 0 Å². The van der Waals surface area contributed by atoms with Gasteiger partial charge < -0.3 is 0 Å². The number of fused-ring (bicyclic) bond motifs is 4. The number of rotatable bonds is 0. The van der Waals surface area contributed by atoms with Crippen LogP contribution in [-0.4, -0.2) is 0 Å². The summed E-state index contributed by atoms with van der Waals surface area (Å²) < 4.78 is 0. The SMILES string of the molecule is C=C1CCC2(C)C(CCC3C(C)C4CC4C(=C)CCCC32)C1. The van der Waals surface area contributed by atoms with Crippen LogP contribution >= 0.6 is 0 Å². The zero-order valence-corrected chi connectivity index (χ0v) is 14.7. The fourth-order valence-corrected chi connectivity index (χ4v) is 6.83. The molecule has 22 heavy (non-hydrogen) atoms. The molecule has 0 radical (unpaired) electrons. The van der Waals surface area contributed by atoms with Crippen LogP contribution in [0.3, 0.4) is 0 Å². The molecule has 4 rings (SSSR count). The molecule has 0 aromatic rings. The molecule has 4 saturated carbocycles. The Bertz CT molecular complexity index is 486. The first-order valence-corrected chi connectivity index (χ1v) is 9.85. The van der Waals surface area contributed by atoms with Crippen molar-refractivity contribution in [2.75, 3.05) is 0 Å². The van der Waals surface area contributed by atoms with Crippen molar-refractivity contribution in [1.29, 1.82) is 0 Å². The Morgan fingerprint density at radius 2 is 1.86 bits per heavy atom. The van der Waals surface area contributed by atoms with Crippen LogP contribution in [0.1, 0.15) is 71.6 Å². The van der Waals surface area contributed by atoms with E-state index in [4.69, 9.17) is 0 Å². The zero-order chi connectivity index (χ0) is 15.5. The second-order valence-corrected chi connectivity index (χ2v) is 9.42. The van der Waals surface area contributed by atoms with Crippen molar-refractivity contribution >= 4 is 0 Å². The van der Waals surface area contributed by atoms with E-state index in [1.54, 1.807) is 5.57 Å². The molecule has 4 aliphatic carbocycles. The first kappa shape index (κ1) is 15.0. The van der Waals surface area contributed by atoms with Crippen molar-refractivity contribution in [1.82, 2.24) is 0 Å². The van der Waals surface area contributed by atoms with Crippen molar-refractivity contribution in [3.8, 4) is 0 Å². The highest BCUT2D eigenvalue weighted by Gasteiger charge is 2.54. The first-order valence-electron chi connectivity index (χ1n) is 9.85. The summed E-state index contributed by atoms with van der Waals surface area (Å²) in [6.45, 7) is 14.0. The molecular weight excluding hydrogens is 264 g/mol. The Hall–Kier alpha value is -0.520. The minimum Gasteiger partial charge on any atom is -0.0999 e. The average molecular weight is 299 g/mol. The summed E-state index contributed by atoms with van der Waals surface area (Å²) in [6.07, 6.45) is 12.6. The molecule has 0 nitrogen and oxygen atoms in total. The summed E-state index contributed by atoms with van der Waals surface area (Å²) in [7, 11) is 0. The van der Waals surface area contributed by atoms with Crippen LogP contribution in [0.2, 0.25) is 0 Å². The van der Waals surface area contributed by atoms with Crippen molar-refractivity contribution in [2.45, 2.75) is 71.6 Å². The predicted octanol–water partition coefficient (Wildman–Crippen LogP) is 6.39. The second-order valence-electron chi connectivity index (χ2n) is 9.42. The van der Waals surface area contributed by atoms with Crippen LogP contribution in [0.5, 0.6) is 0 Å². The highest BCUT2D eigenvalue weighted by Crippen LogP contribution is 2.63. The van der Waals surface area contributed by atoms with E-state index < -0.39 is 0 Å². The quantitative estimate of drug-likeness (QED) is 0.455. The molecule has 0 heteroatoms. The van der Waals surface area contributed by atoms with E-state index >= 15 is 0 Å². The van der Waals surface area contributed by atoms with Gasteiger partial charge in [0.25, 0.3) is 0 Å². The average Bonchev–Trinajstić information content (AvgIpc) is 3.27. The molecule has 0 saturated heterocycles. The van der Waals surface area contributed by atoms with Crippen LogP contribution < -0.4 is 0 Å². The van der Waals surface area contributed by atoms with Gasteiger partial charge in [-0.05, 0) is 98.7 Å². The summed E-state index contributed by atoms with van der Waals surface area (Å²) >= 11 is 0. The summed E-state index contributed by atoms with van der Waals surface area (Å²) in [4.78, 5) is 0. The predicted molar refractivity (Wildman–Crippen MR) is 94.6 cm³/mol. The third kappa shape index (κ3) is 2.24. The van der Waals surface area contributed by atoms with Crippen molar-refractivity contribution in [3.63, 3.8) is 0 Å². The monoisotopic (exact) mass is 298 g/mol. The van der Waals surface area contributed by atoms with Crippen molar-refractivity contribution in [2.24, 2.45) is 40.9 Å². The maximum Gasteiger partial charge on any atom is -0.0172 e. The van der Waals surface area contributed by atoms with Gasteiger partial charge >= 0.3 is 0 Å². The van der Waals surface area contributed by atoms with Crippen LogP contribution in [0, 0.1) is 40.9 Å². The zero-order valence-electron chi connectivity index (χ0n) is 14.7. The fraction of sp³-hybridized carbons (Fsp3) is 0.818. The molecule has 0 aromatic heterocycles. The van der Waals surface area contributed by atoms with E-state index in [9.17, 15) is 0 Å². The van der Waals surface area contributed by atoms with E-state index in [2.05, 4.69) is 27.0 Å². The van der Waals surface area contributed by atoms with Crippen LogP contribution in [0.15, 0.2) is 24.3 Å². The molecule has 4 fully saturated rings. The summed E-state index contributed by atoms with van der Waals surface area (Å²) in [5.41, 5.74) is 3.73.